The Balaban J connectivity index is 1.49. The van der Waals surface area contributed by atoms with E-state index in [1.165, 1.54) is 0 Å². The first-order chi connectivity index (χ1) is 11.7. The third-order valence-electron chi connectivity index (χ3n) is 4.15. The highest BCUT2D eigenvalue weighted by Gasteiger charge is 2.32. The largest absolute Gasteiger partial charge is 0.337 e. The van der Waals surface area contributed by atoms with Crippen molar-refractivity contribution < 1.29 is 9.32 Å². The fourth-order valence-corrected chi connectivity index (χ4v) is 3.45. The Hall–Kier alpha value is -2.61. The second-order valence-electron chi connectivity index (χ2n) is 5.75. The SMILES string of the molecule is Cc1nnsc1C(=O)N1CC[C@H](c2noc(-c3ccccc3)n2)C1. The van der Waals surface area contributed by atoms with Gasteiger partial charge in [0.15, 0.2) is 5.82 Å². The number of amides is 1. The second kappa shape index (κ2) is 6.12. The Morgan fingerprint density at radius 1 is 1.33 bits per heavy atom. The lowest BCUT2D eigenvalue weighted by Crippen LogP contribution is -2.28. The number of benzene rings is 1. The van der Waals surface area contributed by atoms with Crippen molar-refractivity contribution >= 4 is 17.4 Å². The molecule has 0 saturated carbocycles. The van der Waals surface area contributed by atoms with Crippen LogP contribution in [0.1, 0.15) is 33.5 Å². The molecule has 1 aromatic carbocycles. The van der Waals surface area contributed by atoms with Gasteiger partial charge in [-0.2, -0.15) is 4.98 Å². The quantitative estimate of drug-likeness (QED) is 0.728. The van der Waals surface area contributed by atoms with Crippen LogP contribution in [0.25, 0.3) is 11.5 Å². The third kappa shape index (κ3) is 2.69. The lowest BCUT2D eigenvalue weighted by molar-refractivity contribution is 0.0794. The van der Waals surface area contributed by atoms with Gasteiger partial charge in [-0.15, -0.1) is 5.10 Å². The molecule has 1 saturated heterocycles. The van der Waals surface area contributed by atoms with E-state index in [1.54, 1.807) is 6.92 Å². The van der Waals surface area contributed by atoms with Gasteiger partial charge in [0.1, 0.15) is 4.88 Å². The van der Waals surface area contributed by atoms with Crippen LogP contribution in [0.15, 0.2) is 34.9 Å². The highest BCUT2D eigenvalue weighted by Crippen LogP contribution is 2.28. The maximum Gasteiger partial charge on any atom is 0.267 e. The molecule has 0 radical (unpaired) electrons. The normalized spacial score (nSPS) is 17.4. The lowest BCUT2D eigenvalue weighted by atomic mass is 10.1. The van der Waals surface area contributed by atoms with E-state index < -0.39 is 0 Å². The summed E-state index contributed by atoms with van der Waals surface area (Å²) in [6, 6.07) is 9.67. The monoisotopic (exact) mass is 341 g/mol. The fraction of sp³-hybridized carbons (Fsp3) is 0.312. The molecule has 7 nitrogen and oxygen atoms in total. The zero-order chi connectivity index (χ0) is 16.5. The van der Waals surface area contributed by atoms with Gasteiger partial charge in [-0.1, -0.05) is 27.8 Å². The van der Waals surface area contributed by atoms with Crippen LogP contribution in [0.5, 0.6) is 0 Å². The number of carbonyl (C=O) groups excluding carboxylic acids is 1. The van der Waals surface area contributed by atoms with E-state index in [9.17, 15) is 4.79 Å². The molecule has 0 bridgehead atoms. The Bertz CT molecular complexity index is 860. The van der Waals surface area contributed by atoms with Crippen LogP contribution in [0.4, 0.5) is 0 Å². The summed E-state index contributed by atoms with van der Waals surface area (Å²) in [6.07, 6.45) is 0.824. The zero-order valence-corrected chi connectivity index (χ0v) is 13.9. The number of hydrogen-bond donors (Lipinski definition) is 0. The highest BCUT2D eigenvalue weighted by molar-refractivity contribution is 7.07. The van der Waals surface area contributed by atoms with Gasteiger partial charge in [0.2, 0.25) is 0 Å². The Kier molecular flexibility index (Phi) is 3.81. The highest BCUT2D eigenvalue weighted by atomic mass is 32.1. The summed E-state index contributed by atoms with van der Waals surface area (Å²) in [6.45, 7) is 3.07. The number of aryl methyl sites for hydroxylation is 1. The molecule has 3 aromatic rings. The molecule has 0 spiro atoms. The van der Waals surface area contributed by atoms with Crippen LogP contribution in [0.2, 0.25) is 0 Å². The molecule has 0 N–H and O–H groups in total. The first-order valence-corrected chi connectivity index (χ1v) is 8.47. The number of nitrogens with zero attached hydrogens (tertiary/aromatic N) is 5. The van der Waals surface area contributed by atoms with Crippen molar-refractivity contribution in [1.82, 2.24) is 24.6 Å². The molecule has 24 heavy (non-hydrogen) atoms. The van der Waals surface area contributed by atoms with Gasteiger partial charge in [-0.05, 0) is 37.0 Å². The summed E-state index contributed by atoms with van der Waals surface area (Å²) in [5, 5.41) is 8.01. The van der Waals surface area contributed by atoms with Gasteiger partial charge in [0, 0.05) is 24.6 Å². The Labute approximate surface area is 142 Å². The fourth-order valence-electron chi connectivity index (χ4n) is 2.83. The van der Waals surface area contributed by atoms with Crippen molar-refractivity contribution in [3.63, 3.8) is 0 Å². The third-order valence-corrected chi connectivity index (χ3v) is 4.96. The van der Waals surface area contributed by atoms with E-state index in [-0.39, 0.29) is 11.8 Å². The molecule has 3 heterocycles. The van der Waals surface area contributed by atoms with Crippen LogP contribution in [0.3, 0.4) is 0 Å². The van der Waals surface area contributed by atoms with Crippen molar-refractivity contribution in [2.24, 2.45) is 0 Å². The molecule has 1 fully saturated rings. The van der Waals surface area contributed by atoms with Crippen LogP contribution in [-0.4, -0.2) is 43.6 Å². The molecule has 1 aliphatic rings. The number of hydrogen-bond acceptors (Lipinski definition) is 7. The molecule has 0 aliphatic carbocycles. The lowest BCUT2D eigenvalue weighted by Gasteiger charge is -2.14. The molecule has 1 aliphatic heterocycles. The topological polar surface area (TPSA) is 85.0 Å². The zero-order valence-electron chi connectivity index (χ0n) is 13.0. The van der Waals surface area contributed by atoms with E-state index in [0.717, 1.165) is 23.5 Å². The number of carbonyl (C=O) groups is 1. The Morgan fingerprint density at radius 2 is 2.17 bits per heavy atom. The summed E-state index contributed by atoms with van der Waals surface area (Å²) >= 11 is 1.14. The van der Waals surface area contributed by atoms with Gasteiger partial charge in [-0.3, -0.25) is 4.79 Å². The van der Waals surface area contributed by atoms with Gasteiger partial charge in [0.05, 0.1) is 5.69 Å². The van der Waals surface area contributed by atoms with E-state index in [1.807, 2.05) is 35.2 Å². The van der Waals surface area contributed by atoms with E-state index >= 15 is 0 Å². The van der Waals surface area contributed by atoms with Gasteiger partial charge in [0.25, 0.3) is 11.8 Å². The molecule has 122 valence electrons. The average molecular weight is 341 g/mol. The molecular weight excluding hydrogens is 326 g/mol. The van der Waals surface area contributed by atoms with Gasteiger partial charge < -0.3 is 9.42 Å². The standard InChI is InChI=1S/C16H15N5O2S/c1-10-13(24-20-18-10)16(22)21-8-7-12(9-21)14-17-15(23-19-14)11-5-3-2-4-6-11/h2-6,12H,7-9H2,1H3/t12-/m0/s1. The van der Waals surface area contributed by atoms with Crippen molar-refractivity contribution in [3.8, 4) is 11.5 Å². The first-order valence-electron chi connectivity index (χ1n) is 7.69. The predicted octanol–water partition coefficient (Wildman–Crippen LogP) is 2.53. The molecule has 0 unspecified atom stereocenters. The molecule has 2 aromatic heterocycles. The Morgan fingerprint density at radius 3 is 2.92 bits per heavy atom. The maximum atomic E-state index is 12.5. The number of rotatable bonds is 3. The van der Waals surface area contributed by atoms with Crippen LogP contribution >= 0.6 is 11.5 Å². The molecule has 8 heteroatoms. The number of likely N-dealkylation sites (tertiary alicyclic amines) is 1. The summed E-state index contributed by atoms with van der Waals surface area (Å²) in [5.41, 5.74) is 1.58. The summed E-state index contributed by atoms with van der Waals surface area (Å²) in [7, 11) is 0. The van der Waals surface area contributed by atoms with Crippen LogP contribution < -0.4 is 0 Å². The van der Waals surface area contributed by atoms with Crippen LogP contribution in [0, 0.1) is 6.92 Å². The molecule has 1 atom stereocenters. The van der Waals surface area contributed by atoms with Gasteiger partial charge >= 0.3 is 0 Å². The first kappa shape index (κ1) is 14.9. The minimum Gasteiger partial charge on any atom is -0.337 e. The molecule has 4 rings (SSSR count). The van der Waals surface area contributed by atoms with E-state index in [4.69, 9.17) is 4.52 Å². The predicted molar refractivity (Wildman–Crippen MR) is 87.6 cm³/mol. The van der Waals surface area contributed by atoms with Crippen LogP contribution in [-0.2, 0) is 0 Å². The second-order valence-corrected chi connectivity index (χ2v) is 6.50. The summed E-state index contributed by atoms with van der Waals surface area (Å²) < 4.78 is 9.20. The minimum atomic E-state index is -0.0169. The maximum absolute atomic E-state index is 12.5. The summed E-state index contributed by atoms with van der Waals surface area (Å²) in [5.74, 6) is 1.24. The van der Waals surface area contributed by atoms with Crippen molar-refractivity contribution in [1.29, 1.82) is 0 Å². The van der Waals surface area contributed by atoms with E-state index in [0.29, 0.717) is 35.4 Å². The molecule has 1 amide bonds. The van der Waals surface area contributed by atoms with Crippen molar-refractivity contribution in [3.05, 3.63) is 46.7 Å². The van der Waals surface area contributed by atoms with Crippen molar-refractivity contribution in [2.75, 3.05) is 13.1 Å². The minimum absolute atomic E-state index is 0.0169. The average Bonchev–Trinajstić information content (AvgIpc) is 3.35. The van der Waals surface area contributed by atoms with Gasteiger partial charge in [-0.25, -0.2) is 0 Å². The van der Waals surface area contributed by atoms with E-state index in [2.05, 4.69) is 19.7 Å². The number of aromatic nitrogens is 4. The summed E-state index contributed by atoms with van der Waals surface area (Å²) in [4.78, 5) is 19.4. The van der Waals surface area contributed by atoms with Crippen molar-refractivity contribution in [2.45, 2.75) is 19.3 Å². The molecular formula is C16H15N5O2S. The smallest absolute Gasteiger partial charge is 0.267 e.